The summed E-state index contributed by atoms with van der Waals surface area (Å²) in [7, 11) is 0. The summed E-state index contributed by atoms with van der Waals surface area (Å²) >= 11 is 1.79. The van der Waals surface area contributed by atoms with E-state index in [1.54, 1.807) is 11.8 Å². The Hall–Kier alpha value is -1.32. The van der Waals surface area contributed by atoms with Gasteiger partial charge in [0.2, 0.25) is 0 Å². The Morgan fingerprint density at radius 2 is 1.94 bits per heavy atom. The number of pyridine rings is 1. The highest BCUT2D eigenvalue weighted by atomic mass is 32.2. The van der Waals surface area contributed by atoms with Crippen molar-refractivity contribution >= 4 is 11.8 Å². The summed E-state index contributed by atoms with van der Waals surface area (Å²) in [6, 6.07) is 14.5. The molecule has 0 aliphatic heterocycles. The highest BCUT2D eigenvalue weighted by Gasteiger charge is 2.01. The minimum Gasteiger partial charge on any atom is -0.323 e. The predicted molar refractivity (Wildman–Crippen MR) is 72.8 cm³/mol. The maximum absolute atomic E-state index is 5.76. The molecule has 3 heteroatoms. The normalized spacial score (nSPS) is 12.4. The first-order valence-electron chi connectivity index (χ1n) is 5.64. The van der Waals surface area contributed by atoms with Gasteiger partial charge in [-0.05, 0) is 24.6 Å². The van der Waals surface area contributed by atoms with E-state index in [4.69, 9.17) is 5.73 Å². The molecule has 2 rings (SSSR count). The summed E-state index contributed by atoms with van der Waals surface area (Å²) in [5, 5.41) is 0. The van der Waals surface area contributed by atoms with Crippen LogP contribution in [0.25, 0.3) is 0 Å². The molecule has 1 heterocycles. The fourth-order valence-corrected chi connectivity index (χ4v) is 2.30. The third-order valence-electron chi connectivity index (χ3n) is 2.47. The van der Waals surface area contributed by atoms with Crippen LogP contribution in [0.4, 0.5) is 0 Å². The zero-order valence-electron chi connectivity index (χ0n) is 9.84. The molecule has 1 aromatic carbocycles. The number of thioether (sulfide) groups is 1. The van der Waals surface area contributed by atoms with Gasteiger partial charge in [-0.1, -0.05) is 30.3 Å². The molecule has 0 aliphatic carbocycles. The van der Waals surface area contributed by atoms with Crippen molar-refractivity contribution < 1.29 is 0 Å². The second-order valence-corrected chi connectivity index (χ2v) is 5.03. The smallest absolute Gasteiger partial charge is 0.0569 e. The van der Waals surface area contributed by atoms with Crippen molar-refractivity contribution in [3.8, 4) is 0 Å². The van der Waals surface area contributed by atoms with Crippen LogP contribution in [0.15, 0.2) is 53.6 Å². The van der Waals surface area contributed by atoms with Crippen molar-refractivity contribution in [1.29, 1.82) is 0 Å². The summed E-state index contributed by atoms with van der Waals surface area (Å²) < 4.78 is 0. The zero-order valence-corrected chi connectivity index (χ0v) is 10.7. The minimum atomic E-state index is 0.00294. The molecule has 2 nitrogen and oxygen atoms in total. The van der Waals surface area contributed by atoms with E-state index < -0.39 is 0 Å². The maximum atomic E-state index is 5.76. The summed E-state index contributed by atoms with van der Waals surface area (Å²) in [5.74, 6) is 0.972. The molecule has 2 N–H and O–H groups in total. The second-order valence-electron chi connectivity index (χ2n) is 3.98. The molecule has 88 valence electrons. The van der Waals surface area contributed by atoms with E-state index in [-0.39, 0.29) is 6.04 Å². The number of nitrogens with two attached hydrogens (primary N) is 1. The van der Waals surface area contributed by atoms with Crippen LogP contribution in [0.5, 0.6) is 0 Å². The Morgan fingerprint density at radius 1 is 1.18 bits per heavy atom. The van der Waals surface area contributed by atoms with Crippen molar-refractivity contribution in [2.75, 3.05) is 0 Å². The fraction of sp³-hybridized carbons (Fsp3) is 0.214. The van der Waals surface area contributed by atoms with E-state index in [0.29, 0.717) is 0 Å². The number of hydrogen-bond donors (Lipinski definition) is 1. The molecule has 0 fully saturated rings. The first-order valence-corrected chi connectivity index (χ1v) is 6.62. The molecule has 0 bridgehead atoms. The van der Waals surface area contributed by atoms with Gasteiger partial charge in [-0.15, -0.1) is 11.8 Å². The second kappa shape index (κ2) is 5.84. The third kappa shape index (κ3) is 3.58. The quantitative estimate of drug-likeness (QED) is 0.838. The molecule has 1 unspecified atom stereocenters. The third-order valence-corrected chi connectivity index (χ3v) is 3.53. The van der Waals surface area contributed by atoms with E-state index in [0.717, 1.165) is 11.4 Å². The number of rotatable bonds is 4. The van der Waals surface area contributed by atoms with Crippen molar-refractivity contribution in [2.45, 2.75) is 23.6 Å². The van der Waals surface area contributed by atoms with Crippen LogP contribution in [-0.2, 0) is 5.75 Å². The van der Waals surface area contributed by atoms with Gasteiger partial charge < -0.3 is 5.73 Å². The summed E-state index contributed by atoms with van der Waals surface area (Å²) in [4.78, 5) is 5.52. The number of nitrogens with zero attached hydrogens (tertiary/aromatic N) is 1. The van der Waals surface area contributed by atoms with Crippen LogP contribution >= 0.6 is 11.8 Å². The van der Waals surface area contributed by atoms with Crippen LogP contribution in [0, 0.1) is 0 Å². The molecule has 1 atom stereocenters. The lowest BCUT2D eigenvalue weighted by Crippen LogP contribution is -2.06. The summed E-state index contributed by atoms with van der Waals surface area (Å²) in [6.45, 7) is 1.94. The lowest BCUT2D eigenvalue weighted by molar-refractivity contribution is 0.777. The molecule has 0 radical (unpaired) electrons. The molecule has 0 spiro atoms. The van der Waals surface area contributed by atoms with Crippen LogP contribution in [0.1, 0.15) is 24.2 Å². The van der Waals surface area contributed by atoms with Crippen molar-refractivity contribution in [2.24, 2.45) is 5.73 Å². The van der Waals surface area contributed by atoms with Gasteiger partial charge in [-0.2, -0.15) is 0 Å². The van der Waals surface area contributed by atoms with Crippen molar-refractivity contribution in [3.05, 3.63) is 59.9 Å². The van der Waals surface area contributed by atoms with Gasteiger partial charge in [0, 0.05) is 22.9 Å². The standard InChI is InChI=1S/C14H16N2S/c1-11(15)14-8-7-13(9-16-14)17-10-12-5-3-2-4-6-12/h2-9,11H,10,15H2,1H3. The molecule has 2 aromatic rings. The summed E-state index contributed by atoms with van der Waals surface area (Å²) in [5.41, 5.74) is 8.03. The molecule has 1 aromatic heterocycles. The first-order chi connectivity index (χ1) is 8.25. The molecule has 0 saturated heterocycles. The molecule has 0 amide bonds. The zero-order chi connectivity index (χ0) is 12.1. The fourth-order valence-electron chi connectivity index (χ4n) is 1.49. The van der Waals surface area contributed by atoms with Gasteiger partial charge in [-0.25, -0.2) is 0 Å². The predicted octanol–water partition coefficient (Wildman–Crippen LogP) is 3.39. The van der Waals surface area contributed by atoms with Crippen LogP contribution < -0.4 is 5.73 Å². The molecule has 17 heavy (non-hydrogen) atoms. The highest BCUT2D eigenvalue weighted by molar-refractivity contribution is 7.98. The molecule has 0 aliphatic rings. The number of benzene rings is 1. The highest BCUT2D eigenvalue weighted by Crippen LogP contribution is 2.22. The Kier molecular flexibility index (Phi) is 4.18. The van der Waals surface area contributed by atoms with E-state index in [2.05, 4.69) is 35.3 Å². The van der Waals surface area contributed by atoms with Crippen molar-refractivity contribution in [3.63, 3.8) is 0 Å². The largest absolute Gasteiger partial charge is 0.323 e. The van der Waals surface area contributed by atoms with Crippen LogP contribution in [0.3, 0.4) is 0 Å². The van der Waals surface area contributed by atoms with Gasteiger partial charge in [0.1, 0.15) is 0 Å². The lowest BCUT2D eigenvalue weighted by atomic mass is 10.2. The van der Waals surface area contributed by atoms with E-state index in [9.17, 15) is 0 Å². The van der Waals surface area contributed by atoms with E-state index >= 15 is 0 Å². The van der Waals surface area contributed by atoms with Crippen molar-refractivity contribution in [1.82, 2.24) is 4.98 Å². The average molecular weight is 244 g/mol. The van der Waals surface area contributed by atoms with Gasteiger partial charge in [0.05, 0.1) is 5.69 Å². The lowest BCUT2D eigenvalue weighted by Gasteiger charge is -2.05. The molecular weight excluding hydrogens is 228 g/mol. The minimum absolute atomic E-state index is 0.00294. The Bertz CT molecular complexity index is 451. The Balaban J connectivity index is 1.96. The number of hydrogen-bond acceptors (Lipinski definition) is 3. The maximum Gasteiger partial charge on any atom is 0.0569 e. The monoisotopic (exact) mass is 244 g/mol. The van der Waals surface area contributed by atoms with Gasteiger partial charge in [0.15, 0.2) is 0 Å². The average Bonchev–Trinajstić information content (AvgIpc) is 2.38. The SMILES string of the molecule is CC(N)c1ccc(SCc2ccccc2)cn1. The van der Waals surface area contributed by atoms with Gasteiger partial charge >= 0.3 is 0 Å². The Morgan fingerprint density at radius 3 is 2.53 bits per heavy atom. The first kappa shape index (κ1) is 12.1. The van der Waals surface area contributed by atoms with Gasteiger partial charge in [0.25, 0.3) is 0 Å². The molecule has 0 saturated carbocycles. The van der Waals surface area contributed by atoms with Crippen LogP contribution in [0.2, 0.25) is 0 Å². The topological polar surface area (TPSA) is 38.9 Å². The van der Waals surface area contributed by atoms with E-state index in [1.165, 1.54) is 10.5 Å². The summed E-state index contributed by atoms with van der Waals surface area (Å²) in [6.07, 6.45) is 1.90. The van der Waals surface area contributed by atoms with Gasteiger partial charge in [-0.3, -0.25) is 4.98 Å². The van der Waals surface area contributed by atoms with E-state index in [1.807, 2.05) is 25.3 Å². The number of aromatic nitrogens is 1. The molecular formula is C14H16N2S. The van der Waals surface area contributed by atoms with Crippen LogP contribution in [-0.4, -0.2) is 4.98 Å². The Labute approximate surface area is 106 Å².